The first-order valence-electron chi connectivity index (χ1n) is 5.72. The second-order valence-electron chi connectivity index (χ2n) is 4.86. The van der Waals surface area contributed by atoms with Gasteiger partial charge in [-0.05, 0) is 36.5 Å². The molecule has 0 aromatic heterocycles. The molecule has 5 atom stereocenters. The van der Waals surface area contributed by atoms with E-state index in [0.717, 1.165) is 17.8 Å². The van der Waals surface area contributed by atoms with Crippen LogP contribution in [0.25, 0.3) is 0 Å². The van der Waals surface area contributed by atoms with Crippen molar-refractivity contribution in [1.82, 2.24) is 0 Å². The second-order valence-corrected chi connectivity index (χ2v) is 5.42. The molecule has 0 bridgehead atoms. The summed E-state index contributed by atoms with van der Waals surface area (Å²) in [5.74, 6) is 3.30. The minimum absolute atomic E-state index is 0.426. The third-order valence-electron chi connectivity index (χ3n) is 4.23. The first kappa shape index (κ1) is 11.4. The molecule has 0 heterocycles. The Morgan fingerprint density at radius 3 is 2.38 bits per heavy atom. The van der Waals surface area contributed by atoms with Crippen LogP contribution in [0.3, 0.4) is 0 Å². The van der Waals surface area contributed by atoms with E-state index in [1.165, 1.54) is 19.3 Å². The quantitative estimate of drug-likeness (QED) is 0.585. The van der Waals surface area contributed by atoms with Crippen LogP contribution in [0.2, 0.25) is 0 Å². The highest BCUT2D eigenvalue weighted by atomic mass is 35.5. The molecule has 0 N–H and O–H groups in total. The second kappa shape index (κ2) is 4.68. The van der Waals surface area contributed by atoms with Gasteiger partial charge < -0.3 is 0 Å². The Hall–Kier alpha value is 0.290. The van der Waals surface area contributed by atoms with Crippen LogP contribution in [0.1, 0.15) is 47.0 Å². The molecule has 78 valence electrons. The maximum absolute atomic E-state index is 6.28. The van der Waals surface area contributed by atoms with E-state index in [9.17, 15) is 0 Å². The SMILES string of the molecule is CCC(C)C1CCC(Cl)C(C)C1C. The number of hydrogen-bond donors (Lipinski definition) is 0. The Morgan fingerprint density at radius 1 is 1.23 bits per heavy atom. The summed E-state index contributed by atoms with van der Waals surface area (Å²) < 4.78 is 0. The molecule has 0 amide bonds. The van der Waals surface area contributed by atoms with E-state index in [0.29, 0.717) is 11.3 Å². The summed E-state index contributed by atoms with van der Waals surface area (Å²) in [5, 5.41) is 0.426. The van der Waals surface area contributed by atoms with Crippen LogP contribution in [-0.4, -0.2) is 5.38 Å². The molecule has 0 saturated heterocycles. The van der Waals surface area contributed by atoms with Crippen molar-refractivity contribution in [2.75, 3.05) is 0 Å². The molecule has 1 heteroatoms. The molecular weight excluding hydrogens is 180 g/mol. The topological polar surface area (TPSA) is 0 Å². The lowest BCUT2D eigenvalue weighted by Crippen LogP contribution is -2.34. The van der Waals surface area contributed by atoms with Crippen molar-refractivity contribution in [3.8, 4) is 0 Å². The van der Waals surface area contributed by atoms with E-state index >= 15 is 0 Å². The molecule has 0 spiro atoms. The minimum Gasteiger partial charge on any atom is -0.123 e. The molecule has 0 aliphatic heterocycles. The minimum atomic E-state index is 0.426. The van der Waals surface area contributed by atoms with Gasteiger partial charge in [0.2, 0.25) is 0 Å². The molecule has 0 nitrogen and oxygen atoms in total. The summed E-state index contributed by atoms with van der Waals surface area (Å²) in [6.45, 7) is 9.39. The highest BCUT2D eigenvalue weighted by molar-refractivity contribution is 6.20. The Balaban J connectivity index is 2.58. The van der Waals surface area contributed by atoms with Crippen LogP contribution >= 0.6 is 11.6 Å². The average molecular weight is 203 g/mol. The Bertz CT molecular complexity index is 155. The van der Waals surface area contributed by atoms with Crippen molar-refractivity contribution in [3.63, 3.8) is 0 Å². The number of rotatable bonds is 2. The standard InChI is InChI=1S/C12H23Cl/c1-5-8(2)11-6-7-12(13)10(4)9(11)3/h8-12H,5-7H2,1-4H3. The van der Waals surface area contributed by atoms with Crippen molar-refractivity contribution in [2.45, 2.75) is 52.3 Å². The van der Waals surface area contributed by atoms with E-state index in [2.05, 4.69) is 27.7 Å². The molecular formula is C12H23Cl. The van der Waals surface area contributed by atoms with Gasteiger partial charge in [0.25, 0.3) is 0 Å². The van der Waals surface area contributed by atoms with Gasteiger partial charge in [0.1, 0.15) is 0 Å². The average Bonchev–Trinajstić information content (AvgIpc) is 2.13. The third kappa shape index (κ3) is 2.40. The Morgan fingerprint density at radius 2 is 1.85 bits per heavy atom. The summed E-state index contributed by atoms with van der Waals surface area (Å²) in [6.07, 6.45) is 3.88. The lowest BCUT2D eigenvalue weighted by atomic mass is 9.68. The van der Waals surface area contributed by atoms with Crippen molar-refractivity contribution in [3.05, 3.63) is 0 Å². The van der Waals surface area contributed by atoms with Gasteiger partial charge in [0.15, 0.2) is 0 Å². The zero-order chi connectivity index (χ0) is 10.0. The van der Waals surface area contributed by atoms with Gasteiger partial charge in [-0.3, -0.25) is 0 Å². The van der Waals surface area contributed by atoms with Gasteiger partial charge in [-0.1, -0.05) is 34.1 Å². The summed E-state index contributed by atoms with van der Waals surface area (Å²) >= 11 is 6.28. The molecule has 0 aromatic carbocycles. The van der Waals surface area contributed by atoms with Crippen LogP contribution < -0.4 is 0 Å². The Labute approximate surface area is 88.1 Å². The van der Waals surface area contributed by atoms with Crippen LogP contribution in [0.15, 0.2) is 0 Å². The fourth-order valence-electron chi connectivity index (χ4n) is 2.70. The molecule has 1 saturated carbocycles. The van der Waals surface area contributed by atoms with E-state index in [-0.39, 0.29) is 0 Å². The molecule has 13 heavy (non-hydrogen) atoms. The summed E-state index contributed by atoms with van der Waals surface area (Å²) in [6, 6.07) is 0. The van der Waals surface area contributed by atoms with Gasteiger partial charge in [0, 0.05) is 5.38 Å². The van der Waals surface area contributed by atoms with Crippen molar-refractivity contribution < 1.29 is 0 Å². The molecule has 1 aliphatic rings. The summed E-state index contributed by atoms with van der Waals surface area (Å²) in [7, 11) is 0. The van der Waals surface area contributed by atoms with Gasteiger partial charge >= 0.3 is 0 Å². The zero-order valence-corrected chi connectivity index (χ0v) is 10.1. The number of hydrogen-bond acceptors (Lipinski definition) is 0. The Kier molecular flexibility index (Phi) is 4.09. The van der Waals surface area contributed by atoms with E-state index in [1.54, 1.807) is 0 Å². The maximum atomic E-state index is 6.28. The number of alkyl halides is 1. The molecule has 0 radical (unpaired) electrons. The van der Waals surface area contributed by atoms with E-state index < -0.39 is 0 Å². The smallest absolute Gasteiger partial charge is 0.0364 e. The van der Waals surface area contributed by atoms with Crippen molar-refractivity contribution in [1.29, 1.82) is 0 Å². The largest absolute Gasteiger partial charge is 0.123 e. The van der Waals surface area contributed by atoms with Crippen LogP contribution in [0.4, 0.5) is 0 Å². The van der Waals surface area contributed by atoms with E-state index in [1.807, 2.05) is 0 Å². The van der Waals surface area contributed by atoms with Gasteiger partial charge in [-0.2, -0.15) is 0 Å². The number of halogens is 1. The highest BCUT2D eigenvalue weighted by Gasteiger charge is 2.34. The van der Waals surface area contributed by atoms with E-state index in [4.69, 9.17) is 11.6 Å². The first-order valence-corrected chi connectivity index (χ1v) is 6.15. The van der Waals surface area contributed by atoms with Crippen molar-refractivity contribution >= 4 is 11.6 Å². The van der Waals surface area contributed by atoms with Gasteiger partial charge in [0.05, 0.1) is 0 Å². The summed E-state index contributed by atoms with van der Waals surface area (Å²) in [4.78, 5) is 0. The van der Waals surface area contributed by atoms with Crippen LogP contribution in [-0.2, 0) is 0 Å². The molecule has 1 rings (SSSR count). The lowest BCUT2D eigenvalue weighted by Gasteiger charge is -2.40. The monoisotopic (exact) mass is 202 g/mol. The predicted molar refractivity (Wildman–Crippen MR) is 60.1 cm³/mol. The first-order chi connectivity index (χ1) is 6.07. The predicted octanol–water partition coefficient (Wildman–Crippen LogP) is 4.32. The van der Waals surface area contributed by atoms with Gasteiger partial charge in [-0.15, -0.1) is 11.6 Å². The zero-order valence-electron chi connectivity index (χ0n) is 9.39. The fourth-order valence-corrected chi connectivity index (χ4v) is 3.06. The van der Waals surface area contributed by atoms with Crippen molar-refractivity contribution in [2.24, 2.45) is 23.7 Å². The molecule has 5 unspecified atom stereocenters. The third-order valence-corrected chi connectivity index (χ3v) is 4.84. The van der Waals surface area contributed by atoms with Gasteiger partial charge in [-0.25, -0.2) is 0 Å². The molecule has 1 fully saturated rings. The highest BCUT2D eigenvalue weighted by Crippen LogP contribution is 2.41. The normalized spacial score (nSPS) is 43.2. The molecule has 0 aromatic rings. The maximum Gasteiger partial charge on any atom is 0.0364 e. The molecule has 1 aliphatic carbocycles. The summed E-state index contributed by atoms with van der Waals surface area (Å²) in [5.41, 5.74) is 0. The van der Waals surface area contributed by atoms with Crippen LogP contribution in [0, 0.1) is 23.7 Å². The van der Waals surface area contributed by atoms with Crippen LogP contribution in [0.5, 0.6) is 0 Å². The lowest BCUT2D eigenvalue weighted by molar-refractivity contribution is 0.132. The fraction of sp³-hybridized carbons (Fsp3) is 1.00.